The van der Waals surface area contributed by atoms with E-state index in [2.05, 4.69) is 30.5 Å². The number of ether oxygens (including phenoxy) is 1. The van der Waals surface area contributed by atoms with E-state index in [0.717, 1.165) is 5.69 Å². The minimum absolute atomic E-state index is 0.150. The molecule has 11 heteroatoms. The number of hydrogen-bond acceptors (Lipinski definition) is 9. The summed E-state index contributed by atoms with van der Waals surface area (Å²) in [5, 5.41) is 12.8. The van der Waals surface area contributed by atoms with Crippen molar-refractivity contribution < 1.29 is 4.74 Å². The molecule has 4 rings (SSSR count). The molecule has 0 fully saturated rings. The molecule has 0 atom stereocenters. The Bertz CT molecular complexity index is 1210. The molecule has 2 aromatic carbocycles. The minimum atomic E-state index is 0.150. The van der Waals surface area contributed by atoms with Crippen molar-refractivity contribution in [2.75, 3.05) is 11.1 Å². The number of para-hydroxylation sites is 1. The van der Waals surface area contributed by atoms with Gasteiger partial charge in [0.15, 0.2) is 11.0 Å². The van der Waals surface area contributed by atoms with Crippen molar-refractivity contribution in [2.45, 2.75) is 24.4 Å². The smallest absolute Gasteiger partial charge is 0.232 e. The minimum Gasteiger partial charge on any atom is -0.484 e. The molecule has 0 unspecified atom stereocenters. The molecule has 0 aliphatic heterocycles. The van der Waals surface area contributed by atoms with Crippen molar-refractivity contribution >= 4 is 40.9 Å². The van der Waals surface area contributed by atoms with E-state index in [1.807, 2.05) is 61.0 Å². The largest absolute Gasteiger partial charge is 0.484 e. The third-order valence-electron chi connectivity index (χ3n) is 4.46. The molecule has 4 aromatic rings. The predicted octanol–water partition coefficient (Wildman–Crippen LogP) is 4.16. The van der Waals surface area contributed by atoms with Gasteiger partial charge in [0.25, 0.3) is 0 Å². The maximum Gasteiger partial charge on any atom is 0.232 e. The van der Waals surface area contributed by atoms with Crippen molar-refractivity contribution in [3.8, 4) is 5.75 Å². The van der Waals surface area contributed by atoms with E-state index in [1.54, 1.807) is 6.07 Å². The summed E-state index contributed by atoms with van der Waals surface area (Å²) in [6.07, 6.45) is 0. The first-order valence-electron chi connectivity index (χ1n) is 9.70. The first-order chi connectivity index (χ1) is 15.5. The summed E-state index contributed by atoms with van der Waals surface area (Å²) in [5.41, 5.74) is 7.92. The van der Waals surface area contributed by atoms with Crippen LogP contribution < -0.4 is 15.8 Å². The van der Waals surface area contributed by atoms with E-state index in [9.17, 15) is 0 Å². The second-order valence-corrected chi connectivity index (χ2v) is 8.24. The van der Waals surface area contributed by atoms with Gasteiger partial charge in [-0.05, 0) is 31.2 Å². The van der Waals surface area contributed by atoms with Gasteiger partial charge < -0.3 is 20.4 Å². The summed E-state index contributed by atoms with van der Waals surface area (Å²) in [6.45, 7) is 2.28. The highest BCUT2D eigenvalue weighted by Crippen LogP contribution is 2.25. The van der Waals surface area contributed by atoms with Crippen LogP contribution in [0.2, 0.25) is 5.02 Å². The molecule has 0 radical (unpaired) electrons. The third-order valence-corrected chi connectivity index (χ3v) is 5.78. The van der Waals surface area contributed by atoms with Gasteiger partial charge in [-0.15, -0.1) is 10.2 Å². The molecule has 32 heavy (non-hydrogen) atoms. The summed E-state index contributed by atoms with van der Waals surface area (Å²) in [4.78, 5) is 12.8. The molecular formula is C21H21ClN8OS. The van der Waals surface area contributed by atoms with Crippen molar-refractivity contribution in [1.29, 1.82) is 0 Å². The standard InChI is InChI=1S/C21H21ClN8OS/c1-13-7-9-14(10-8-13)24-20-26-17(25-19(23)27-20)12-32-21-29-28-18(30(21)2)11-31-16-6-4-3-5-15(16)22/h3-10H,11-12H2,1-2H3,(H3,23,24,25,26,27). The maximum atomic E-state index is 6.13. The van der Waals surface area contributed by atoms with Gasteiger partial charge in [-0.25, -0.2) is 0 Å². The van der Waals surface area contributed by atoms with Gasteiger partial charge in [0, 0.05) is 12.7 Å². The Morgan fingerprint density at radius 2 is 1.84 bits per heavy atom. The first-order valence-corrected chi connectivity index (χ1v) is 11.1. The van der Waals surface area contributed by atoms with Crippen LogP contribution in [0.4, 0.5) is 17.6 Å². The lowest BCUT2D eigenvalue weighted by atomic mass is 10.2. The monoisotopic (exact) mass is 468 g/mol. The van der Waals surface area contributed by atoms with E-state index < -0.39 is 0 Å². The lowest BCUT2D eigenvalue weighted by Gasteiger charge is -2.08. The quantitative estimate of drug-likeness (QED) is 0.367. The van der Waals surface area contributed by atoms with Crippen LogP contribution in [-0.4, -0.2) is 29.7 Å². The number of hydrogen-bond donors (Lipinski definition) is 2. The Labute approximate surface area is 194 Å². The fourth-order valence-electron chi connectivity index (χ4n) is 2.75. The molecule has 0 bridgehead atoms. The Balaban J connectivity index is 1.39. The van der Waals surface area contributed by atoms with Crippen LogP contribution in [0.5, 0.6) is 5.75 Å². The Kier molecular flexibility index (Phi) is 6.72. The Hall–Kier alpha value is -3.37. The fourth-order valence-corrected chi connectivity index (χ4v) is 3.73. The van der Waals surface area contributed by atoms with E-state index >= 15 is 0 Å². The summed E-state index contributed by atoms with van der Waals surface area (Å²) in [6, 6.07) is 15.2. The van der Waals surface area contributed by atoms with Gasteiger partial charge in [0.1, 0.15) is 18.2 Å². The number of aryl methyl sites for hydroxylation is 1. The molecule has 0 saturated heterocycles. The van der Waals surface area contributed by atoms with Crippen LogP contribution in [0.1, 0.15) is 17.2 Å². The van der Waals surface area contributed by atoms with Crippen molar-refractivity contribution in [2.24, 2.45) is 7.05 Å². The van der Waals surface area contributed by atoms with Crippen LogP contribution in [0.15, 0.2) is 53.7 Å². The number of thioether (sulfide) groups is 1. The zero-order valence-corrected chi connectivity index (χ0v) is 19.1. The number of nitrogens with zero attached hydrogens (tertiary/aromatic N) is 6. The molecule has 164 valence electrons. The fraction of sp³-hybridized carbons (Fsp3) is 0.190. The van der Waals surface area contributed by atoms with Crippen LogP contribution in [0.25, 0.3) is 0 Å². The van der Waals surface area contributed by atoms with Gasteiger partial charge >= 0.3 is 0 Å². The number of benzene rings is 2. The van der Waals surface area contributed by atoms with Crippen LogP contribution >= 0.6 is 23.4 Å². The van der Waals surface area contributed by atoms with Crippen molar-refractivity contribution in [3.05, 3.63) is 70.8 Å². The first kappa shape index (κ1) is 21.8. The van der Waals surface area contributed by atoms with Gasteiger partial charge in [0.2, 0.25) is 11.9 Å². The highest BCUT2D eigenvalue weighted by molar-refractivity contribution is 7.98. The topological polar surface area (TPSA) is 117 Å². The Morgan fingerprint density at radius 1 is 1.06 bits per heavy atom. The average Bonchev–Trinajstić information content (AvgIpc) is 3.12. The highest BCUT2D eigenvalue weighted by atomic mass is 35.5. The van der Waals surface area contributed by atoms with E-state index in [-0.39, 0.29) is 12.6 Å². The van der Waals surface area contributed by atoms with Gasteiger partial charge in [0.05, 0.1) is 10.8 Å². The highest BCUT2D eigenvalue weighted by Gasteiger charge is 2.13. The Morgan fingerprint density at radius 3 is 2.62 bits per heavy atom. The van der Waals surface area contributed by atoms with Crippen molar-refractivity contribution in [3.63, 3.8) is 0 Å². The van der Waals surface area contributed by atoms with Crippen LogP contribution in [0.3, 0.4) is 0 Å². The van der Waals surface area contributed by atoms with Gasteiger partial charge in [-0.2, -0.15) is 15.0 Å². The average molecular weight is 469 g/mol. The number of rotatable bonds is 8. The number of nitrogens with two attached hydrogens (primary N) is 1. The van der Waals surface area contributed by atoms with E-state index in [0.29, 0.717) is 39.3 Å². The molecule has 0 amide bonds. The second kappa shape index (κ2) is 9.84. The van der Waals surface area contributed by atoms with Crippen LogP contribution in [-0.2, 0) is 19.4 Å². The second-order valence-electron chi connectivity index (χ2n) is 6.89. The molecular weight excluding hydrogens is 448 g/mol. The molecule has 0 aliphatic rings. The zero-order valence-electron chi connectivity index (χ0n) is 17.5. The molecule has 3 N–H and O–H groups in total. The number of anilines is 3. The van der Waals surface area contributed by atoms with Gasteiger partial charge in [-0.1, -0.05) is 53.2 Å². The summed E-state index contributed by atoms with van der Waals surface area (Å²) in [5.74, 6) is 2.80. The molecule has 0 saturated carbocycles. The SMILES string of the molecule is Cc1ccc(Nc2nc(N)nc(CSc3nnc(COc4ccccc4Cl)n3C)n2)cc1. The predicted molar refractivity (Wildman–Crippen MR) is 125 cm³/mol. The third kappa shape index (κ3) is 5.45. The molecule has 0 aliphatic carbocycles. The van der Waals surface area contributed by atoms with Crippen LogP contribution in [0, 0.1) is 6.92 Å². The number of nitrogen functional groups attached to an aromatic ring is 1. The number of halogens is 1. The van der Waals surface area contributed by atoms with E-state index in [1.165, 1.54) is 17.3 Å². The molecule has 9 nitrogen and oxygen atoms in total. The zero-order chi connectivity index (χ0) is 22.5. The molecule has 0 spiro atoms. The normalized spacial score (nSPS) is 10.8. The van der Waals surface area contributed by atoms with Crippen molar-refractivity contribution in [1.82, 2.24) is 29.7 Å². The summed E-state index contributed by atoms with van der Waals surface area (Å²) in [7, 11) is 1.87. The number of nitrogens with one attached hydrogen (secondary N) is 1. The maximum absolute atomic E-state index is 6.13. The lowest BCUT2D eigenvalue weighted by Crippen LogP contribution is -2.07. The molecule has 2 heterocycles. The number of aromatic nitrogens is 6. The summed E-state index contributed by atoms with van der Waals surface area (Å²) >= 11 is 7.57. The summed E-state index contributed by atoms with van der Waals surface area (Å²) < 4.78 is 7.61. The van der Waals surface area contributed by atoms with E-state index in [4.69, 9.17) is 22.1 Å². The molecule has 2 aromatic heterocycles. The lowest BCUT2D eigenvalue weighted by molar-refractivity contribution is 0.290. The van der Waals surface area contributed by atoms with Gasteiger partial charge in [-0.3, -0.25) is 0 Å².